The molecule has 0 aliphatic carbocycles. The topological polar surface area (TPSA) is 99.2 Å². The standard InChI is InChI=1S/C18H28N2O4S.C7H15NO/c1-15-4-6-17(7-5-15)25(22,23)24-13-10-16-8-11-20(12-9-16)18(21)14-19(2)3;9-6-3-7-1-4-8-5-2-7/h4-7,16H,8-14H2,1-3H3;7-9H,1-6H2. The molecule has 9 heteroatoms. The first kappa shape index (κ1) is 28.7. The number of nitrogens with one attached hydrogen (secondary N) is 1. The van der Waals surface area contributed by atoms with Gasteiger partial charge in [0.05, 0.1) is 18.0 Å². The van der Waals surface area contributed by atoms with Gasteiger partial charge in [0, 0.05) is 19.7 Å². The van der Waals surface area contributed by atoms with Gasteiger partial charge in [-0.05, 0) is 96.6 Å². The molecule has 8 nitrogen and oxygen atoms in total. The summed E-state index contributed by atoms with van der Waals surface area (Å²) in [5.41, 5.74) is 1.01. The second kappa shape index (κ2) is 14.8. The number of aliphatic hydroxyl groups excluding tert-OH is 1. The number of likely N-dealkylation sites (N-methyl/N-ethyl adjacent to an activating group) is 1. The maximum absolute atomic E-state index is 12.1. The highest BCUT2D eigenvalue weighted by molar-refractivity contribution is 7.86. The van der Waals surface area contributed by atoms with Gasteiger partial charge in [-0.2, -0.15) is 8.42 Å². The van der Waals surface area contributed by atoms with Crippen molar-refractivity contribution in [2.75, 3.05) is 60.0 Å². The van der Waals surface area contributed by atoms with E-state index in [4.69, 9.17) is 9.29 Å². The minimum atomic E-state index is -3.69. The quantitative estimate of drug-likeness (QED) is 0.505. The molecule has 1 aromatic rings. The van der Waals surface area contributed by atoms with E-state index in [-0.39, 0.29) is 17.4 Å². The smallest absolute Gasteiger partial charge is 0.296 e. The fraction of sp³-hybridized carbons (Fsp3) is 0.720. The van der Waals surface area contributed by atoms with Crippen molar-refractivity contribution in [3.05, 3.63) is 29.8 Å². The lowest BCUT2D eigenvalue weighted by atomic mass is 9.94. The maximum Gasteiger partial charge on any atom is 0.296 e. The molecule has 3 rings (SSSR count). The molecule has 2 aliphatic heterocycles. The predicted octanol–water partition coefficient (Wildman–Crippen LogP) is 2.26. The van der Waals surface area contributed by atoms with E-state index in [1.165, 1.54) is 12.8 Å². The highest BCUT2D eigenvalue weighted by Gasteiger charge is 2.23. The van der Waals surface area contributed by atoms with Crippen LogP contribution in [0.4, 0.5) is 0 Å². The van der Waals surface area contributed by atoms with Crippen molar-refractivity contribution in [2.24, 2.45) is 11.8 Å². The van der Waals surface area contributed by atoms with E-state index in [9.17, 15) is 13.2 Å². The van der Waals surface area contributed by atoms with Crippen LogP contribution >= 0.6 is 0 Å². The van der Waals surface area contributed by atoms with Crippen molar-refractivity contribution >= 4 is 16.0 Å². The van der Waals surface area contributed by atoms with Crippen LogP contribution in [0.15, 0.2) is 29.2 Å². The molecule has 0 atom stereocenters. The lowest BCUT2D eigenvalue weighted by molar-refractivity contribution is -0.133. The van der Waals surface area contributed by atoms with Crippen LogP contribution < -0.4 is 5.32 Å². The molecule has 0 aromatic heterocycles. The van der Waals surface area contributed by atoms with Gasteiger partial charge in [0.1, 0.15) is 0 Å². The van der Waals surface area contributed by atoms with E-state index >= 15 is 0 Å². The molecule has 34 heavy (non-hydrogen) atoms. The Kier molecular flexibility index (Phi) is 12.5. The van der Waals surface area contributed by atoms with E-state index in [0.29, 0.717) is 25.5 Å². The zero-order chi connectivity index (χ0) is 25.0. The van der Waals surface area contributed by atoms with Gasteiger partial charge >= 0.3 is 0 Å². The van der Waals surface area contributed by atoms with Crippen molar-refractivity contribution in [1.82, 2.24) is 15.1 Å². The van der Waals surface area contributed by atoms with E-state index in [1.54, 1.807) is 24.3 Å². The molecule has 0 saturated carbocycles. The molecular formula is C25H43N3O5S. The average molecular weight is 498 g/mol. The van der Waals surface area contributed by atoms with Crippen LogP contribution in [0.5, 0.6) is 0 Å². The Labute approximate surface area is 205 Å². The third-order valence-corrected chi connectivity index (χ3v) is 7.82. The molecule has 0 unspecified atom stereocenters. The Hall–Kier alpha value is -1.52. The molecule has 1 aromatic carbocycles. The molecule has 2 fully saturated rings. The Balaban J connectivity index is 0.000000379. The van der Waals surface area contributed by atoms with E-state index < -0.39 is 10.1 Å². The molecule has 1 amide bonds. The van der Waals surface area contributed by atoms with E-state index in [2.05, 4.69) is 5.32 Å². The number of piperidine rings is 2. The number of hydrogen-bond acceptors (Lipinski definition) is 7. The minimum Gasteiger partial charge on any atom is -0.396 e. The molecule has 0 spiro atoms. The summed E-state index contributed by atoms with van der Waals surface area (Å²) in [6, 6.07) is 6.66. The first-order chi connectivity index (χ1) is 16.2. The number of carbonyl (C=O) groups excluding carboxylic acids is 1. The first-order valence-electron chi connectivity index (χ1n) is 12.4. The van der Waals surface area contributed by atoms with E-state index in [0.717, 1.165) is 56.9 Å². The molecule has 2 N–H and O–H groups in total. The van der Waals surface area contributed by atoms with Crippen molar-refractivity contribution in [1.29, 1.82) is 0 Å². The first-order valence-corrected chi connectivity index (χ1v) is 13.8. The lowest BCUT2D eigenvalue weighted by Gasteiger charge is -2.32. The van der Waals surface area contributed by atoms with Crippen molar-refractivity contribution in [3.63, 3.8) is 0 Å². The number of aryl methyl sites for hydroxylation is 1. The molecule has 194 valence electrons. The number of nitrogens with zero attached hydrogens (tertiary/aromatic N) is 2. The number of benzene rings is 1. The highest BCUT2D eigenvalue weighted by atomic mass is 32.2. The number of likely N-dealkylation sites (tertiary alicyclic amines) is 1. The van der Waals surface area contributed by atoms with Crippen LogP contribution in [0.25, 0.3) is 0 Å². The maximum atomic E-state index is 12.1. The largest absolute Gasteiger partial charge is 0.396 e. The zero-order valence-corrected chi connectivity index (χ0v) is 21.9. The molecule has 0 bridgehead atoms. The van der Waals surface area contributed by atoms with Crippen LogP contribution in [0.3, 0.4) is 0 Å². The zero-order valence-electron chi connectivity index (χ0n) is 21.0. The number of amides is 1. The Morgan fingerprint density at radius 1 is 1.06 bits per heavy atom. The van der Waals surface area contributed by atoms with E-state index in [1.807, 2.05) is 30.8 Å². The Bertz CT molecular complexity index is 813. The van der Waals surface area contributed by atoms with Gasteiger partial charge < -0.3 is 20.2 Å². The fourth-order valence-electron chi connectivity index (χ4n) is 4.29. The summed E-state index contributed by atoms with van der Waals surface area (Å²) in [6.45, 7) is 6.66. The monoisotopic (exact) mass is 497 g/mol. The summed E-state index contributed by atoms with van der Waals surface area (Å²) in [6.07, 6.45) is 5.99. The molecule has 2 heterocycles. The van der Waals surface area contributed by atoms with Crippen LogP contribution in [-0.4, -0.2) is 89.3 Å². The summed E-state index contributed by atoms with van der Waals surface area (Å²) in [4.78, 5) is 16.0. The summed E-state index contributed by atoms with van der Waals surface area (Å²) in [7, 11) is 0.0852. The van der Waals surface area contributed by atoms with Gasteiger partial charge in [-0.15, -0.1) is 0 Å². The molecule has 0 radical (unpaired) electrons. The van der Waals surface area contributed by atoms with Gasteiger partial charge in [-0.3, -0.25) is 8.98 Å². The normalized spacial score (nSPS) is 18.0. The number of hydrogen-bond donors (Lipinski definition) is 2. The van der Waals surface area contributed by atoms with Crippen molar-refractivity contribution < 1.29 is 22.5 Å². The molecular weight excluding hydrogens is 454 g/mol. The Morgan fingerprint density at radius 3 is 2.21 bits per heavy atom. The third-order valence-electron chi connectivity index (χ3n) is 6.49. The van der Waals surface area contributed by atoms with Gasteiger partial charge in [-0.25, -0.2) is 0 Å². The second-order valence-electron chi connectivity index (χ2n) is 9.65. The van der Waals surface area contributed by atoms with Crippen LogP contribution in [0.1, 0.15) is 44.1 Å². The highest BCUT2D eigenvalue weighted by Crippen LogP contribution is 2.22. The molecule has 2 aliphatic rings. The van der Waals surface area contributed by atoms with Crippen LogP contribution in [-0.2, 0) is 19.1 Å². The van der Waals surface area contributed by atoms with Crippen molar-refractivity contribution in [3.8, 4) is 0 Å². The van der Waals surface area contributed by atoms with Crippen LogP contribution in [0, 0.1) is 18.8 Å². The number of rotatable bonds is 9. The summed E-state index contributed by atoms with van der Waals surface area (Å²) < 4.78 is 29.5. The summed E-state index contributed by atoms with van der Waals surface area (Å²) in [5.74, 6) is 1.34. The number of aliphatic hydroxyl groups is 1. The van der Waals surface area contributed by atoms with Gasteiger partial charge in [0.25, 0.3) is 10.1 Å². The summed E-state index contributed by atoms with van der Waals surface area (Å²) in [5, 5.41) is 11.9. The lowest BCUT2D eigenvalue weighted by Crippen LogP contribution is -2.42. The van der Waals surface area contributed by atoms with Crippen LogP contribution in [0.2, 0.25) is 0 Å². The molecule has 2 saturated heterocycles. The van der Waals surface area contributed by atoms with Gasteiger partial charge in [0.15, 0.2) is 0 Å². The third kappa shape index (κ3) is 10.4. The minimum absolute atomic E-state index is 0.154. The SMILES string of the molecule is Cc1ccc(S(=O)(=O)OCCC2CCN(C(=O)CN(C)C)CC2)cc1.OCCC1CCNCC1. The summed E-state index contributed by atoms with van der Waals surface area (Å²) >= 11 is 0. The predicted molar refractivity (Wildman–Crippen MR) is 134 cm³/mol. The fourth-order valence-corrected chi connectivity index (χ4v) is 5.21. The van der Waals surface area contributed by atoms with Gasteiger partial charge in [0.2, 0.25) is 5.91 Å². The number of carbonyl (C=O) groups is 1. The second-order valence-corrected chi connectivity index (χ2v) is 11.3. The average Bonchev–Trinajstić information content (AvgIpc) is 2.81. The van der Waals surface area contributed by atoms with Gasteiger partial charge in [-0.1, -0.05) is 17.7 Å². The van der Waals surface area contributed by atoms with Crippen molar-refractivity contribution in [2.45, 2.75) is 50.3 Å². The Morgan fingerprint density at radius 2 is 1.65 bits per heavy atom.